The van der Waals surface area contributed by atoms with Gasteiger partial charge in [0.2, 0.25) is 0 Å². The Morgan fingerprint density at radius 2 is 1.04 bits per heavy atom. The molecule has 0 saturated heterocycles. The second kappa shape index (κ2) is 23.9. The maximum atomic E-state index is 13.0. The SMILES string of the molecule is COc1ccc(C(OCC(O)COCCOCCOCCOCCOCCNC(=O)c2ccc3nc4c5cccnc5c5ncccc5c4nc3c2)(c2ccccc2)c2ccc(OC)cc2)cc1. The van der Waals surface area contributed by atoms with E-state index in [2.05, 4.69) is 15.3 Å². The average Bonchev–Trinajstić information content (AvgIpc) is 3.39. The molecule has 1 amide bonds. The van der Waals surface area contributed by atoms with Crippen molar-refractivity contribution in [1.29, 1.82) is 0 Å². The Labute approximate surface area is 394 Å². The van der Waals surface area contributed by atoms with Gasteiger partial charge in [0.15, 0.2) is 0 Å². The molecule has 15 heteroatoms. The number of methoxy groups -OCH3 is 2. The summed E-state index contributed by atoms with van der Waals surface area (Å²) in [5, 5.41) is 15.6. The van der Waals surface area contributed by atoms with Crippen molar-refractivity contribution >= 4 is 49.8 Å². The summed E-state index contributed by atoms with van der Waals surface area (Å²) in [4.78, 5) is 32.0. The fourth-order valence-corrected chi connectivity index (χ4v) is 7.92. The third-order valence-electron chi connectivity index (χ3n) is 11.3. The van der Waals surface area contributed by atoms with Gasteiger partial charge in [-0.2, -0.15) is 0 Å². The van der Waals surface area contributed by atoms with Crippen molar-refractivity contribution in [3.05, 3.63) is 156 Å². The van der Waals surface area contributed by atoms with Crippen LogP contribution < -0.4 is 14.8 Å². The lowest BCUT2D eigenvalue weighted by atomic mass is 9.80. The van der Waals surface area contributed by atoms with Crippen molar-refractivity contribution in [2.45, 2.75) is 11.7 Å². The zero-order chi connectivity index (χ0) is 47.0. The third kappa shape index (κ3) is 11.5. The average molecular weight is 922 g/mol. The lowest BCUT2D eigenvalue weighted by molar-refractivity contribution is -0.0704. The second-order valence-electron chi connectivity index (χ2n) is 15.7. The smallest absolute Gasteiger partial charge is 0.251 e. The Morgan fingerprint density at radius 1 is 0.544 bits per heavy atom. The van der Waals surface area contributed by atoms with E-state index >= 15 is 0 Å². The van der Waals surface area contributed by atoms with Crippen LogP contribution in [0.5, 0.6) is 11.5 Å². The van der Waals surface area contributed by atoms with Crippen LogP contribution >= 0.6 is 0 Å². The Hall–Kier alpha value is -6.69. The maximum Gasteiger partial charge on any atom is 0.251 e. The van der Waals surface area contributed by atoms with E-state index in [1.807, 2.05) is 109 Å². The Bertz CT molecular complexity index is 2820. The molecule has 68 heavy (non-hydrogen) atoms. The minimum Gasteiger partial charge on any atom is -0.497 e. The van der Waals surface area contributed by atoms with Gasteiger partial charge in [-0.15, -0.1) is 0 Å². The number of aliphatic hydroxyl groups is 1. The van der Waals surface area contributed by atoms with Crippen LogP contribution in [0.15, 0.2) is 134 Å². The molecule has 0 aliphatic heterocycles. The van der Waals surface area contributed by atoms with E-state index in [9.17, 15) is 9.90 Å². The van der Waals surface area contributed by atoms with E-state index < -0.39 is 11.7 Å². The largest absolute Gasteiger partial charge is 0.497 e. The summed E-state index contributed by atoms with van der Waals surface area (Å²) in [6.07, 6.45) is 2.59. The number of carbonyl (C=O) groups excluding carboxylic acids is 1. The highest BCUT2D eigenvalue weighted by Gasteiger charge is 2.38. The molecule has 0 bridgehead atoms. The summed E-state index contributed by atoms with van der Waals surface area (Å²) in [6.45, 7) is 3.77. The van der Waals surface area contributed by atoms with Crippen molar-refractivity contribution in [3.63, 3.8) is 0 Å². The Morgan fingerprint density at radius 3 is 1.59 bits per heavy atom. The van der Waals surface area contributed by atoms with Gasteiger partial charge >= 0.3 is 0 Å². The Kier molecular flexibility index (Phi) is 16.8. The standard InChI is InChI=1S/C53H55N5O10/c1-61-42-17-13-39(14-18-42)53(38-8-4-3-5-9-38,40-15-19-43(62-2)20-16-40)68-36-41(59)35-67-33-32-66-31-30-65-29-28-64-27-26-63-25-24-56-52(60)37-12-21-46-47(34-37)58-51-45-11-7-23-55-49(45)48-44(50(51)57-46)10-6-22-54-48/h3-23,34,41,59H,24-33,35-36H2,1-2H3,(H,56,60). The molecule has 3 aromatic heterocycles. The van der Waals surface area contributed by atoms with Gasteiger partial charge in [-0.1, -0.05) is 54.6 Å². The lowest BCUT2D eigenvalue weighted by Gasteiger charge is -2.36. The van der Waals surface area contributed by atoms with Gasteiger partial charge in [0.05, 0.1) is 120 Å². The fraction of sp³-hybridized carbons (Fsp3) is 0.302. The maximum absolute atomic E-state index is 13.0. The molecule has 352 valence electrons. The normalized spacial score (nSPS) is 12.2. The molecule has 2 N–H and O–H groups in total. The molecule has 8 aromatic rings. The first kappa shape index (κ1) is 47.8. The quantitative estimate of drug-likeness (QED) is 0.0244. The molecular weight excluding hydrogens is 867 g/mol. The van der Waals surface area contributed by atoms with E-state index in [1.165, 1.54) is 0 Å². The first-order valence-electron chi connectivity index (χ1n) is 22.5. The zero-order valence-corrected chi connectivity index (χ0v) is 38.2. The molecular formula is C53H55N5O10. The van der Waals surface area contributed by atoms with Crippen molar-refractivity contribution in [1.82, 2.24) is 25.3 Å². The topological polar surface area (TPSA) is 175 Å². The van der Waals surface area contributed by atoms with Gasteiger partial charge in [-0.25, -0.2) is 9.97 Å². The summed E-state index contributed by atoms with van der Waals surface area (Å²) < 4.78 is 45.8. The lowest BCUT2D eigenvalue weighted by Crippen LogP contribution is -2.36. The van der Waals surface area contributed by atoms with Crippen LogP contribution in [0.3, 0.4) is 0 Å². The van der Waals surface area contributed by atoms with Crippen molar-refractivity contribution in [2.24, 2.45) is 0 Å². The molecule has 1 unspecified atom stereocenters. The number of aromatic nitrogens is 4. The molecule has 0 radical (unpaired) electrons. The molecule has 0 saturated carbocycles. The third-order valence-corrected chi connectivity index (χ3v) is 11.3. The van der Waals surface area contributed by atoms with Crippen LogP contribution in [-0.2, 0) is 34.0 Å². The predicted molar refractivity (Wildman–Crippen MR) is 258 cm³/mol. The number of benzene rings is 5. The molecule has 3 heterocycles. The van der Waals surface area contributed by atoms with E-state index in [4.69, 9.17) is 47.9 Å². The summed E-state index contributed by atoms with van der Waals surface area (Å²) in [6, 6.07) is 38.4. The van der Waals surface area contributed by atoms with Crippen LogP contribution in [0.4, 0.5) is 0 Å². The monoisotopic (exact) mass is 921 g/mol. The highest BCUT2D eigenvalue weighted by molar-refractivity contribution is 6.21. The number of fused-ring (bicyclic) bond motifs is 7. The van der Waals surface area contributed by atoms with Crippen LogP contribution in [0.1, 0.15) is 27.0 Å². The summed E-state index contributed by atoms with van der Waals surface area (Å²) in [7, 11) is 3.26. The summed E-state index contributed by atoms with van der Waals surface area (Å²) >= 11 is 0. The number of ether oxygens (including phenoxy) is 8. The van der Waals surface area contributed by atoms with E-state index in [0.29, 0.717) is 88.1 Å². The number of aliphatic hydroxyl groups excluding tert-OH is 1. The molecule has 0 fully saturated rings. The van der Waals surface area contributed by atoms with Crippen molar-refractivity contribution < 1.29 is 47.8 Å². The first-order valence-corrected chi connectivity index (χ1v) is 22.5. The van der Waals surface area contributed by atoms with Gasteiger partial charge in [-0.05, 0) is 83.4 Å². The Balaban J connectivity index is 0.677. The number of hydrogen-bond donors (Lipinski definition) is 2. The van der Waals surface area contributed by atoms with Crippen LogP contribution in [-0.4, -0.2) is 130 Å². The molecule has 5 aromatic carbocycles. The number of nitrogens with one attached hydrogen (secondary N) is 1. The number of rotatable bonds is 26. The summed E-state index contributed by atoms with van der Waals surface area (Å²) in [5.74, 6) is 1.22. The van der Waals surface area contributed by atoms with Gasteiger partial charge in [-0.3, -0.25) is 14.8 Å². The van der Waals surface area contributed by atoms with Crippen LogP contribution in [0.2, 0.25) is 0 Å². The number of amides is 1. The second-order valence-corrected chi connectivity index (χ2v) is 15.7. The van der Waals surface area contributed by atoms with Gasteiger partial charge < -0.3 is 48.3 Å². The summed E-state index contributed by atoms with van der Waals surface area (Å²) in [5.41, 5.74) is 6.39. The highest BCUT2D eigenvalue weighted by Crippen LogP contribution is 2.42. The predicted octanol–water partition coefficient (Wildman–Crippen LogP) is 7.08. The van der Waals surface area contributed by atoms with E-state index in [1.54, 1.807) is 38.7 Å². The minimum absolute atomic E-state index is 0.00406. The van der Waals surface area contributed by atoms with Crippen LogP contribution in [0, 0.1) is 0 Å². The first-order chi connectivity index (χ1) is 33.5. The van der Waals surface area contributed by atoms with Crippen LogP contribution in [0.25, 0.3) is 43.9 Å². The molecule has 1 atom stereocenters. The minimum atomic E-state index is -1.04. The number of hydrogen-bond acceptors (Lipinski definition) is 14. The van der Waals surface area contributed by atoms with E-state index in [0.717, 1.165) is 55.5 Å². The van der Waals surface area contributed by atoms with Gasteiger partial charge in [0, 0.05) is 35.3 Å². The van der Waals surface area contributed by atoms with Crippen molar-refractivity contribution in [3.8, 4) is 11.5 Å². The van der Waals surface area contributed by atoms with E-state index in [-0.39, 0.29) is 19.1 Å². The van der Waals surface area contributed by atoms with Gasteiger partial charge in [0.25, 0.3) is 5.91 Å². The number of nitrogens with zero attached hydrogens (tertiary/aromatic N) is 4. The number of carbonyl (C=O) groups is 1. The fourth-order valence-electron chi connectivity index (χ4n) is 7.92. The molecule has 0 aliphatic carbocycles. The molecule has 0 spiro atoms. The molecule has 8 rings (SSSR count). The highest BCUT2D eigenvalue weighted by atomic mass is 16.6. The van der Waals surface area contributed by atoms with Gasteiger partial charge in [0.1, 0.15) is 23.2 Å². The van der Waals surface area contributed by atoms with Crippen molar-refractivity contribution in [2.75, 3.05) is 93.4 Å². The zero-order valence-electron chi connectivity index (χ0n) is 38.2. The molecule has 0 aliphatic rings. The number of pyridine rings is 2. The molecule has 15 nitrogen and oxygen atoms in total.